The summed E-state index contributed by atoms with van der Waals surface area (Å²) in [6, 6.07) is -0.269. The third-order valence-electron chi connectivity index (χ3n) is 3.25. The minimum atomic E-state index is -0.802. The molecule has 0 aromatic heterocycles. The molecule has 2 rings (SSSR count). The Bertz CT molecular complexity index is 412. The molecule has 20 heavy (non-hydrogen) atoms. The first-order valence-corrected chi connectivity index (χ1v) is 6.95. The monoisotopic (exact) mass is 285 g/mol. The molecule has 0 aromatic rings. The van der Waals surface area contributed by atoms with E-state index in [-0.39, 0.29) is 11.8 Å². The highest BCUT2D eigenvalue weighted by Crippen LogP contribution is 2.35. The second kappa shape index (κ2) is 5.00. The van der Waals surface area contributed by atoms with Crippen LogP contribution in [-0.4, -0.2) is 41.5 Å². The molecular formula is C14H23NO5. The molecule has 3 atom stereocenters. The van der Waals surface area contributed by atoms with Gasteiger partial charge in [0.25, 0.3) is 0 Å². The van der Waals surface area contributed by atoms with Crippen LogP contribution in [0.2, 0.25) is 0 Å². The van der Waals surface area contributed by atoms with Crippen molar-refractivity contribution in [3.05, 3.63) is 0 Å². The van der Waals surface area contributed by atoms with Gasteiger partial charge >= 0.3 is 6.09 Å². The number of carbonyl (C=O) groups is 2. The molecule has 6 heteroatoms. The summed E-state index contributed by atoms with van der Waals surface area (Å²) >= 11 is 0. The van der Waals surface area contributed by atoms with Gasteiger partial charge in [0, 0.05) is 6.42 Å². The van der Waals surface area contributed by atoms with Crippen molar-refractivity contribution in [1.82, 2.24) is 5.32 Å². The lowest BCUT2D eigenvalue weighted by Gasteiger charge is -2.31. The van der Waals surface area contributed by atoms with Crippen molar-refractivity contribution in [2.45, 2.75) is 77.1 Å². The van der Waals surface area contributed by atoms with Crippen LogP contribution in [0.5, 0.6) is 0 Å². The van der Waals surface area contributed by atoms with Crippen molar-refractivity contribution in [3.8, 4) is 0 Å². The van der Waals surface area contributed by atoms with E-state index < -0.39 is 29.7 Å². The Morgan fingerprint density at radius 3 is 2.60 bits per heavy atom. The molecule has 1 aliphatic heterocycles. The topological polar surface area (TPSA) is 73.9 Å². The van der Waals surface area contributed by atoms with Gasteiger partial charge in [-0.15, -0.1) is 0 Å². The Labute approximate surface area is 119 Å². The van der Waals surface area contributed by atoms with Gasteiger partial charge in [0.15, 0.2) is 11.6 Å². The predicted octanol–water partition coefficient (Wildman–Crippen LogP) is 1.76. The maximum absolute atomic E-state index is 11.9. The quantitative estimate of drug-likeness (QED) is 0.794. The van der Waals surface area contributed by atoms with Crippen molar-refractivity contribution in [1.29, 1.82) is 0 Å². The molecule has 0 bridgehead atoms. The van der Waals surface area contributed by atoms with Crippen LogP contribution in [0.25, 0.3) is 0 Å². The van der Waals surface area contributed by atoms with E-state index in [1.807, 2.05) is 0 Å². The maximum Gasteiger partial charge on any atom is 0.407 e. The van der Waals surface area contributed by atoms with Crippen LogP contribution in [0.15, 0.2) is 0 Å². The standard InChI is InChI=1S/C14H23NO5/c1-13(2,3)20-12(17)15-8-6-7-9(16)11-10(8)18-14(4,5)19-11/h8,10-11H,6-7H2,1-5H3,(H,15,17). The van der Waals surface area contributed by atoms with Gasteiger partial charge in [0.1, 0.15) is 17.8 Å². The Hall–Kier alpha value is -1.14. The molecule has 2 fully saturated rings. The number of ether oxygens (including phenoxy) is 3. The average molecular weight is 285 g/mol. The van der Waals surface area contributed by atoms with Gasteiger partial charge in [-0.3, -0.25) is 4.79 Å². The Kier molecular flexibility index (Phi) is 3.81. The largest absolute Gasteiger partial charge is 0.444 e. The summed E-state index contributed by atoms with van der Waals surface area (Å²) in [5.74, 6) is -0.772. The van der Waals surface area contributed by atoms with E-state index in [0.29, 0.717) is 12.8 Å². The summed E-state index contributed by atoms with van der Waals surface area (Å²) in [4.78, 5) is 23.7. The van der Waals surface area contributed by atoms with Crippen LogP contribution in [0.4, 0.5) is 4.79 Å². The van der Waals surface area contributed by atoms with Crippen molar-refractivity contribution in [2.75, 3.05) is 0 Å². The second-order valence-electron chi connectivity index (χ2n) is 6.78. The molecule has 1 amide bonds. The Morgan fingerprint density at radius 1 is 1.35 bits per heavy atom. The molecular weight excluding hydrogens is 262 g/mol. The molecule has 6 nitrogen and oxygen atoms in total. The molecule has 1 saturated carbocycles. The van der Waals surface area contributed by atoms with E-state index in [9.17, 15) is 9.59 Å². The van der Waals surface area contributed by atoms with Gasteiger partial charge in [-0.1, -0.05) is 0 Å². The van der Waals surface area contributed by atoms with Crippen LogP contribution in [0.1, 0.15) is 47.5 Å². The van der Waals surface area contributed by atoms with Crippen LogP contribution in [0.3, 0.4) is 0 Å². The van der Waals surface area contributed by atoms with Crippen molar-refractivity contribution < 1.29 is 23.8 Å². The van der Waals surface area contributed by atoms with Crippen LogP contribution < -0.4 is 5.32 Å². The van der Waals surface area contributed by atoms with E-state index in [4.69, 9.17) is 14.2 Å². The number of hydrogen-bond donors (Lipinski definition) is 1. The predicted molar refractivity (Wildman–Crippen MR) is 71.2 cm³/mol. The summed E-state index contributed by atoms with van der Waals surface area (Å²) in [5.41, 5.74) is -0.555. The van der Waals surface area contributed by atoms with Gasteiger partial charge < -0.3 is 19.5 Å². The number of alkyl carbamates (subject to hydrolysis) is 1. The first-order valence-electron chi connectivity index (χ1n) is 6.95. The molecule has 0 radical (unpaired) electrons. The van der Waals surface area contributed by atoms with Gasteiger partial charge in [-0.2, -0.15) is 0 Å². The van der Waals surface area contributed by atoms with Crippen LogP contribution in [-0.2, 0) is 19.0 Å². The molecule has 0 spiro atoms. The molecule has 1 N–H and O–H groups in total. The molecule has 1 saturated heterocycles. The summed E-state index contributed by atoms with van der Waals surface area (Å²) < 4.78 is 16.6. The van der Waals surface area contributed by atoms with Gasteiger partial charge in [-0.05, 0) is 41.0 Å². The Balaban J connectivity index is 2.02. The maximum atomic E-state index is 11.9. The summed E-state index contributed by atoms with van der Waals surface area (Å²) in [6.07, 6.45) is -0.624. The summed E-state index contributed by atoms with van der Waals surface area (Å²) in [5, 5.41) is 2.79. The fourth-order valence-corrected chi connectivity index (χ4v) is 2.55. The van der Waals surface area contributed by atoms with Crippen molar-refractivity contribution in [2.24, 2.45) is 0 Å². The van der Waals surface area contributed by atoms with Crippen molar-refractivity contribution in [3.63, 3.8) is 0 Å². The van der Waals surface area contributed by atoms with Gasteiger partial charge in [0.05, 0.1) is 6.04 Å². The summed E-state index contributed by atoms with van der Waals surface area (Å²) in [7, 11) is 0. The third kappa shape index (κ3) is 3.49. The fraction of sp³-hybridized carbons (Fsp3) is 0.857. The van der Waals surface area contributed by atoms with E-state index in [1.165, 1.54) is 0 Å². The number of amides is 1. The molecule has 1 aliphatic carbocycles. The Morgan fingerprint density at radius 2 is 2.00 bits per heavy atom. The summed E-state index contributed by atoms with van der Waals surface area (Å²) in [6.45, 7) is 8.94. The molecule has 3 unspecified atom stereocenters. The zero-order chi connectivity index (χ0) is 15.1. The number of rotatable bonds is 1. The van der Waals surface area contributed by atoms with E-state index in [0.717, 1.165) is 0 Å². The van der Waals surface area contributed by atoms with Gasteiger partial charge in [-0.25, -0.2) is 4.79 Å². The molecule has 0 aromatic carbocycles. The van der Waals surface area contributed by atoms with Crippen LogP contribution >= 0.6 is 0 Å². The number of Topliss-reactive ketones (excluding diaryl/α,β-unsaturated/α-hetero) is 1. The van der Waals surface area contributed by atoms with Crippen LogP contribution in [0, 0.1) is 0 Å². The number of hydrogen-bond acceptors (Lipinski definition) is 5. The molecule has 1 heterocycles. The highest BCUT2D eigenvalue weighted by Gasteiger charge is 2.51. The number of nitrogens with one attached hydrogen (secondary N) is 1. The number of carbonyl (C=O) groups excluding carboxylic acids is 2. The van der Waals surface area contributed by atoms with E-state index in [2.05, 4.69) is 5.32 Å². The zero-order valence-electron chi connectivity index (χ0n) is 12.7. The minimum absolute atomic E-state index is 0.0304. The lowest BCUT2D eigenvalue weighted by atomic mass is 9.89. The smallest absolute Gasteiger partial charge is 0.407 e. The van der Waals surface area contributed by atoms with Gasteiger partial charge in [0.2, 0.25) is 0 Å². The lowest BCUT2D eigenvalue weighted by molar-refractivity contribution is -0.153. The van der Waals surface area contributed by atoms with E-state index >= 15 is 0 Å². The normalized spacial score (nSPS) is 32.6. The highest BCUT2D eigenvalue weighted by molar-refractivity contribution is 5.85. The first-order chi connectivity index (χ1) is 9.07. The van der Waals surface area contributed by atoms with Crippen molar-refractivity contribution >= 4 is 11.9 Å². The third-order valence-corrected chi connectivity index (χ3v) is 3.25. The lowest BCUT2D eigenvalue weighted by Crippen LogP contribution is -2.53. The number of fused-ring (bicyclic) bond motifs is 1. The SMILES string of the molecule is CC(C)(C)OC(=O)NC1CCC(=O)C2OC(C)(C)OC12. The first kappa shape index (κ1) is 15.3. The minimum Gasteiger partial charge on any atom is -0.444 e. The highest BCUT2D eigenvalue weighted by atomic mass is 16.8. The fourth-order valence-electron chi connectivity index (χ4n) is 2.55. The average Bonchev–Trinajstić information content (AvgIpc) is 2.56. The molecule has 2 aliphatic rings. The second-order valence-corrected chi connectivity index (χ2v) is 6.78. The van der Waals surface area contributed by atoms with E-state index in [1.54, 1.807) is 34.6 Å². The number of ketones is 1. The zero-order valence-corrected chi connectivity index (χ0v) is 12.7. The molecule has 114 valence electrons.